The Hall–Kier alpha value is -0.730. The number of ether oxygens (including phenoxy) is 1. The van der Waals surface area contributed by atoms with Crippen LogP contribution < -0.4 is 4.74 Å². The molecule has 0 amide bonds. The van der Waals surface area contributed by atoms with E-state index >= 15 is 0 Å². The summed E-state index contributed by atoms with van der Waals surface area (Å²) in [4.78, 5) is 0. The zero-order valence-electron chi connectivity index (χ0n) is 8.03. The van der Waals surface area contributed by atoms with Crippen LogP contribution in [0.1, 0.15) is 24.5 Å². The third-order valence-electron chi connectivity index (χ3n) is 2.59. The van der Waals surface area contributed by atoms with Crippen molar-refractivity contribution in [3.63, 3.8) is 0 Å². The van der Waals surface area contributed by atoms with Crippen molar-refractivity contribution in [3.8, 4) is 5.75 Å². The minimum Gasteiger partial charge on any atom is -0.495 e. The Morgan fingerprint density at radius 1 is 1.50 bits per heavy atom. The van der Waals surface area contributed by atoms with Gasteiger partial charge in [0, 0.05) is 0 Å². The maximum absolute atomic E-state index is 9.85. The van der Waals surface area contributed by atoms with Gasteiger partial charge in [0.1, 0.15) is 5.75 Å². The van der Waals surface area contributed by atoms with E-state index in [1.807, 2.05) is 6.07 Å². The quantitative estimate of drug-likeness (QED) is 0.835. The van der Waals surface area contributed by atoms with Gasteiger partial charge in [-0.15, -0.1) is 0 Å². The van der Waals surface area contributed by atoms with Gasteiger partial charge in [-0.1, -0.05) is 17.7 Å². The van der Waals surface area contributed by atoms with E-state index in [1.165, 1.54) is 0 Å². The van der Waals surface area contributed by atoms with Crippen molar-refractivity contribution in [1.82, 2.24) is 0 Å². The van der Waals surface area contributed by atoms with Crippen LogP contribution in [0.25, 0.3) is 0 Å². The molecule has 1 aromatic rings. The van der Waals surface area contributed by atoms with E-state index in [9.17, 15) is 5.11 Å². The van der Waals surface area contributed by atoms with Gasteiger partial charge in [0.05, 0.1) is 18.2 Å². The molecule has 76 valence electrons. The average Bonchev–Trinajstić information content (AvgIpc) is 3.00. The Kier molecular flexibility index (Phi) is 2.66. The monoisotopic (exact) mass is 212 g/mol. The lowest BCUT2D eigenvalue weighted by molar-refractivity contribution is 0.154. The molecule has 0 bridgehead atoms. The number of aliphatic hydroxyl groups is 1. The highest BCUT2D eigenvalue weighted by atomic mass is 35.5. The molecular weight excluding hydrogens is 200 g/mol. The van der Waals surface area contributed by atoms with Gasteiger partial charge >= 0.3 is 0 Å². The molecule has 0 aliphatic heterocycles. The molecular formula is C11H13ClO2. The molecule has 1 aliphatic rings. The van der Waals surface area contributed by atoms with Gasteiger partial charge < -0.3 is 9.84 Å². The summed E-state index contributed by atoms with van der Waals surface area (Å²) < 4.78 is 5.04. The van der Waals surface area contributed by atoms with E-state index in [-0.39, 0.29) is 6.10 Å². The summed E-state index contributed by atoms with van der Waals surface area (Å²) in [6, 6.07) is 5.44. The topological polar surface area (TPSA) is 29.5 Å². The molecule has 2 rings (SSSR count). The van der Waals surface area contributed by atoms with Crippen LogP contribution in [0.2, 0.25) is 5.02 Å². The lowest BCUT2D eigenvalue weighted by Crippen LogP contribution is -1.99. The maximum Gasteiger partial charge on any atom is 0.137 e. The number of rotatable bonds is 3. The minimum atomic E-state index is -0.363. The van der Waals surface area contributed by atoms with Crippen molar-refractivity contribution in [3.05, 3.63) is 28.8 Å². The van der Waals surface area contributed by atoms with Crippen LogP contribution in [0.15, 0.2) is 18.2 Å². The smallest absolute Gasteiger partial charge is 0.137 e. The molecule has 3 heteroatoms. The normalized spacial score (nSPS) is 17.9. The Bertz CT molecular complexity index is 334. The van der Waals surface area contributed by atoms with E-state index in [0.717, 1.165) is 18.4 Å². The fraction of sp³-hybridized carbons (Fsp3) is 0.455. The maximum atomic E-state index is 9.85. The molecule has 1 saturated carbocycles. The molecule has 14 heavy (non-hydrogen) atoms. The summed E-state index contributed by atoms with van der Waals surface area (Å²) in [7, 11) is 1.58. The zero-order chi connectivity index (χ0) is 10.1. The largest absolute Gasteiger partial charge is 0.495 e. The molecule has 0 saturated heterocycles. The predicted molar refractivity (Wildman–Crippen MR) is 55.7 cm³/mol. The van der Waals surface area contributed by atoms with Gasteiger partial charge in [-0.05, 0) is 36.5 Å². The van der Waals surface area contributed by atoms with Gasteiger partial charge in [0.15, 0.2) is 0 Å². The fourth-order valence-electron chi connectivity index (χ4n) is 1.55. The van der Waals surface area contributed by atoms with Crippen molar-refractivity contribution in [1.29, 1.82) is 0 Å². The lowest BCUT2D eigenvalue weighted by Gasteiger charge is -2.11. The van der Waals surface area contributed by atoms with E-state index in [1.54, 1.807) is 19.2 Å². The van der Waals surface area contributed by atoms with Gasteiger partial charge in [0.25, 0.3) is 0 Å². The molecule has 0 spiro atoms. The number of methoxy groups -OCH3 is 1. The number of aliphatic hydroxyl groups excluding tert-OH is 1. The SMILES string of the molecule is COc1ccc(C(O)C2CC2)cc1Cl. The first-order valence-electron chi connectivity index (χ1n) is 4.74. The summed E-state index contributed by atoms with van der Waals surface area (Å²) in [6.45, 7) is 0. The van der Waals surface area contributed by atoms with Crippen molar-refractivity contribution in [2.45, 2.75) is 18.9 Å². The first-order valence-corrected chi connectivity index (χ1v) is 5.11. The first kappa shape index (κ1) is 9.81. The van der Waals surface area contributed by atoms with E-state index in [2.05, 4.69) is 0 Å². The summed E-state index contributed by atoms with van der Waals surface area (Å²) in [5, 5.41) is 10.4. The molecule has 2 nitrogen and oxygen atoms in total. The molecule has 1 aromatic carbocycles. The third-order valence-corrected chi connectivity index (χ3v) is 2.88. The van der Waals surface area contributed by atoms with Gasteiger partial charge in [-0.3, -0.25) is 0 Å². The summed E-state index contributed by atoms with van der Waals surface area (Å²) >= 11 is 5.96. The minimum absolute atomic E-state index is 0.363. The number of benzene rings is 1. The molecule has 1 N–H and O–H groups in total. The second-order valence-corrected chi connectivity index (χ2v) is 4.08. The van der Waals surface area contributed by atoms with Crippen LogP contribution in [0.3, 0.4) is 0 Å². The van der Waals surface area contributed by atoms with Crippen LogP contribution in [0.4, 0.5) is 0 Å². The second-order valence-electron chi connectivity index (χ2n) is 3.68. The number of hydrogen-bond donors (Lipinski definition) is 1. The molecule has 0 radical (unpaired) electrons. The van der Waals surface area contributed by atoms with Crippen molar-refractivity contribution in [2.75, 3.05) is 7.11 Å². The van der Waals surface area contributed by atoms with Crippen molar-refractivity contribution < 1.29 is 9.84 Å². The Labute approximate surface area is 88.5 Å². The van der Waals surface area contributed by atoms with Gasteiger partial charge in [-0.2, -0.15) is 0 Å². The van der Waals surface area contributed by atoms with Crippen molar-refractivity contribution in [2.24, 2.45) is 5.92 Å². The van der Waals surface area contributed by atoms with Crippen LogP contribution in [-0.2, 0) is 0 Å². The highest BCUT2D eigenvalue weighted by molar-refractivity contribution is 6.32. The van der Waals surface area contributed by atoms with Crippen molar-refractivity contribution >= 4 is 11.6 Å². The number of hydrogen-bond acceptors (Lipinski definition) is 2. The molecule has 1 aliphatic carbocycles. The Balaban J connectivity index is 2.22. The fourth-order valence-corrected chi connectivity index (χ4v) is 1.82. The lowest BCUT2D eigenvalue weighted by atomic mass is 10.1. The van der Waals surface area contributed by atoms with E-state index in [0.29, 0.717) is 16.7 Å². The van der Waals surface area contributed by atoms with Crippen LogP contribution >= 0.6 is 11.6 Å². The molecule has 1 atom stereocenters. The molecule has 0 heterocycles. The number of halogens is 1. The highest BCUT2D eigenvalue weighted by Gasteiger charge is 2.30. The van der Waals surface area contributed by atoms with Crippen LogP contribution in [-0.4, -0.2) is 12.2 Å². The predicted octanol–water partition coefficient (Wildman–Crippen LogP) is 2.79. The second kappa shape index (κ2) is 3.79. The summed E-state index contributed by atoms with van der Waals surface area (Å²) in [5.74, 6) is 1.08. The van der Waals surface area contributed by atoms with Crippen LogP contribution in [0.5, 0.6) is 5.75 Å². The average molecular weight is 213 g/mol. The summed E-state index contributed by atoms with van der Waals surface area (Å²) in [5.41, 5.74) is 0.887. The Morgan fingerprint density at radius 3 is 2.71 bits per heavy atom. The standard InChI is InChI=1S/C11H13ClO2/c1-14-10-5-4-8(6-9(10)12)11(13)7-2-3-7/h4-7,11,13H,2-3H2,1H3. The Morgan fingerprint density at radius 2 is 2.21 bits per heavy atom. The van der Waals surface area contributed by atoms with Crippen LogP contribution in [0, 0.1) is 5.92 Å². The van der Waals surface area contributed by atoms with Gasteiger partial charge in [0.2, 0.25) is 0 Å². The first-order chi connectivity index (χ1) is 6.72. The molecule has 0 aromatic heterocycles. The highest BCUT2D eigenvalue weighted by Crippen LogP contribution is 2.42. The zero-order valence-corrected chi connectivity index (χ0v) is 8.79. The molecule has 1 fully saturated rings. The van der Waals surface area contributed by atoms with Gasteiger partial charge in [-0.25, -0.2) is 0 Å². The van der Waals surface area contributed by atoms with E-state index in [4.69, 9.17) is 16.3 Å². The molecule has 1 unspecified atom stereocenters. The van der Waals surface area contributed by atoms with E-state index < -0.39 is 0 Å². The third kappa shape index (κ3) is 1.86. The summed E-state index contributed by atoms with van der Waals surface area (Å²) in [6.07, 6.45) is 1.87.